The van der Waals surface area contributed by atoms with E-state index in [2.05, 4.69) is 10.3 Å². The van der Waals surface area contributed by atoms with E-state index in [4.69, 9.17) is 5.26 Å². The molecular formula is C18H16F3N3OS. The second kappa shape index (κ2) is 8.23. The van der Waals surface area contributed by atoms with Crippen molar-refractivity contribution in [2.24, 2.45) is 0 Å². The number of aryl methyl sites for hydroxylation is 2. The first kappa shape index (κ1) is 19.8. The summed E-state index contributed by atoms with van der Waals surface area (Å²) in [5.74, 6) is -0.530. The number of benzene rings is 1. The molecule has 0 aliphatic rings. The molecule has 0 atom stereocenters. The van der Waals surface area contributed by atoms with Gasteiger partial charge < -0.3 is 5.32 Å². The second-order valence-corrected chi connectivity index (χ2v) is 6.41. The summed E-state index contributed by atoms with van der Waals surface area (Å²) >= 11 is 0.811. The number of nitrogens with one attached hydrogen (secondary N) is 1. The van der Waals surface area contributed by atoms with Gasteiger partial charge >= 0.3 is 6.18 Å². The number of anilines is 1. The summed E-state index contributed by atoms with van der Waals surface area (Å²) in [7, 11) is 0. The minimum atomic E-state index is -4.66. The Morgan fingerprint density at radius 1 is 1.35 bits per heavy atom. The molecule has 1 aromatic heterocycles. The quantitative estimate of drug-likeness (QED) is 0.773. The summed E-state index contributed by atoms with van der Waals surface area (Å²) in [6.07, 6.45) is -3.92. The second-order valence-electron chi connectivity index (χ2n) is 5.45. The molecule has 136 valence electrons. The third-order valence-electron chi connectivity index (χ3n) is 3.54. The summed E-state index contributed by atoms with van der Waals surface area (Å²) in [5.41, 5.74) is 0.156. The van der Waals surface area contributed by atoms with Crippen LogP contribution in [0.5, 0.6) is 0 Å². The van der Waals surface area contributed by atoms with Gasteiger partial charge in [-0.3, -0.25) is 4.79 Å². The first-order valence-corrected chi connectivity index (χ1v) is 8.74. The van der Waals surface area contributed by atoms with Crippen molar-refractivity contribution in [3.63, 3.8) is 0 Å². The highest BCUT2D eigenvalue weighted by atomic mass is 32.2. The molecular weight excluding hydrogens is 363 g/mol. The van der Waals surface area contributed by atoms with Gasteiger partial charge in [-0.1, -0.05) is 36.9 Å². The Morgan fingerprint density at radius 2 is 2.04 bits per heavy atom. The van der Waals surface area contributed by atoms with Gasteiger partial charge in [0.15, 0.2) is 0 Å². The molecule has 1 amide bonds. The van der Waals surface area contributed by atoms with Gasteiger partial charge in [-0.2, -0.15) is 18.4 Å². The molecule has 4 nitrogen and oxygen atoms in total. The molecule has 2 rings (SSSR count). The summed E-state index contributed by atoms with van der Waals surface area (Å²) in [4.78, 5) is 16.1. The molecule has 8 heteroatoms. The molecule has 0 saturated heterocycles. The van der Waals surface area contributed by atoms with E-state index >= 15 is 0 Å². The SMILES string of the molecule is CCc1ccccc1NC(=O)CSc1nc(C)cc(C(F)(F)F)c1C#N. The molecule has 0 bridgehead atoms. The lowest BCUT2D eigenvalue weighted by Crippen LogP contribution is -2.16. The lowest BCUT2D eigenvalue weighted by molar-refractivity contribution is -0.138. The number of rotatable bonds is 5. The molecule has 0 aliphatic carbocycles. The molecule has 0 unspecified atom stereocenters. The maximum atomic E-state index is 13.1. The van der Waals surface area contributed by atoms with Gasteiger partial charge in [0.25, 0.3) is 0 Å². The van der Waals surface area contributed by atoms with Gasteiger partial charge in [0, 0.05) is 11.4 Å². The van der Waals surface area contributed by atoms with E-state index < -0.39 is 17.3 Å². The van der Waals surface area contributed by atoms with Crippen molar-refractivity contribution in [3.8, 4) is 6.07 Å². The predicted octanol–water partition coefficient (Wildman–Crippen LogP) is 4.57. The number of halogens is 3. The summed E-state index contributed by atoms with van der Waals surface area (Å²) in [6, 6.07) is 9.67. The van der Waals surface area contributed by atoms with Crippen LogP contribution < -0.4 is 5.32 Å². The maximum absolute atomic E-state index is 13.1. The van der Waals surface area contributed by atoms with Crippen LogP contribution in [0.25, 0.3) is 0 Å². The molecule has 0 aliphatic heterocycles. The Morgan fingerprint density at radius 3 is 2.65 bits per heavy atom. The zero-order chi connectivity index (χ0) is 19.3. The molecule has 1 heterocycles. The number of para-hydroxylation sites is 1. The predicted molar refractivity (Wildman–Crippen MR) is 93.9 cm³/mol. The van der Waals surface area contributed by atoms with Gasteiger partial charge in [-0.15, -0.1) is 0 Å². The van der Waals surface area contributed by atoms with Crippen LogP contribution in [0.1, 0.15) is 29.3 Å². The number of nitrogens with zero attached hydrogens (tertiary/aromatic N) is 2. The zero-order valence-corrected chi connectivity index (χ0v) is 15.0. The van der Waals surface area contributed by atoms with Gasteiger partial charge in [0.05, 0.1) is 16.9 Å². The number of aromatic nitrogens is 1. The summed E-state index contributed by atoms with van der Waals surface area (Å²) in [5, 5.41) is 11.8. The topological polar surface area (TPSA) is 65.8 Å². The molecule has 1 N–H and O–H groups in total. The first-order valence-electron chi connectivity index (χ1n) is 7.75. The molecule has 0 spiro atoms. The van der Waals surface area contributed by atoms with Gasteiger partial charge in [-0.25, -0.2) is 4.98 Å². The highest BCUT2D eigenvalue weighted by Crippen LogP contribution is 2.35. The van der Waals surface area contributed by atoms with E-state index in [-0.39, 0.29) is 22.4 Å². The minimum absolute atomic E-state index is 0.0984. The van der Waals surface area contributed by atoms with E-state index in [1.165, 1.54) is 6.92 Å². The maximum Gasteiger partial charge on any atom is 0.417 e. The van der Waals surface area contributed by atoms with Crippen molar-refractivity contribution in [3.05, 3.63) is 52.7 Å². The van der Waals surface area contributed by atoms with E-state index in [0.717, 1.165) is 29.8 Å². The Hall–Kier alpha value is -2.53. The van der Waals surface area contributed by atoms with E-state index in [1.807, 2.05) is 19.1 Å². The van der Waals surface area contributed by atoms with Gasteiger partial charge in [-0.05, 0) is 31.0 Å². The van der Waals surface area contributed by atoms with Crippen LogP contribution >= 0.6 is 11.8 Å². The third-order valence-corrected chi connectivity index (χ3v) is 4.52. The Labute approximate surface area is 153 Å². The number of thioether (sulfide) groups is 1. The molecule has 26 heavy (non-hydrogen) atoms. The number of hydrogen-bond acceptors (Lipinski definition) is 4. The molecule has 2 aromatic rings. The zero-order valence-electron chi connectivity index (χ0n) is 14.1. The number of nitriles is 1. The number of amides is 1. The van der Waals surface area contributed by atoms with Gasteiger partial charge in [0.2, 0.25) is 5.91 Å². The fourth-order valence-corrected chi connectivity index (χ4v) is 3.20. The van der Waals surface area contributed by atoms with Crippen LogP contribution in [-0.2, 0) is 17.4 Å². The van der Waals surface area contributed by atoms with E-state index in [1.54, 1.807) is 18.2 Å². The van der Waals surface area contributed by atoms with E-state index in [9.17, 15) is 18.0 Å². The number of hydrogen-bond donors (Lipinski definition) is 1. The standard InChI is InChI=1S/C18H16F3N3OS/c1-3-12-6-4-5-7-15(12)24-16(25)10-26-17-13(9-22)14(18(19,20)21)8-11(2)23-17/h4-8H,3,10H2,1-2H3,(H,24,25). The van der Waals surface area contributed by atoms with Crippen LogP contribution in [0, 0.1) is 18.3 Å². The van der Waals surface area contributed by atoms with Crippen LogP contribution in [0.3, 0.4) is 0 Å². The Bertz CT molecular complexity index is 860. The van der Waals surface area contributed by atoms with Crippen LogP contribution in [-0.4, -0.2) is 16.6 Å². The average molecular weight is 379 g/mol. The van der Waals surface area contributed by atoms with Crippen LogP contribution in [0.15, 0.2) is 35.4 Å². The monoisotopic (exact) mass is 379 g/mol. The van der Waals surface area contributed by atoms with Crippen molar-refractivity contribution in [2.45, 2.75) is 31.5 Å². The normalized spacial score (nSPS) is 11.1. The van der Waals surface area contributed by atoms with Crippen molar-refractivity contribution in [2.75, 3.05) is 11.1 Å². The number of carbonyl (C=O) groups is 1. The fourth-order valence-electron chi connectivity index (χ4n) is 2.35. The Kier molecular flexibility index (Phi) is 6.27. The largest absolute Gasteiger partial charge is 0.417 e. The molecule has 0 radical (unpaired) electrons. The van der Waals surface area contributed by atoms with Crippen LogP contribution in [0.2, 0.25) is 0 Å². The van der Waals surface area contributed by atoms with Crippen molar-refractivity contribution >= 4 is 23.4 Å². The lowest BCUT2D eigenvalue weighted by Gasteiger charge is -2.13. The smallest absolute Gasteiger partial charge is 0.325 e. The van der Waals surface area contributed by atoms with E-state index in [0.29, 0.717) is 5.69 Å². The highest BCUT2D eigenvalue weighted by molar-refractivity contribution is 8.00. The minimum Gasteiger partial charge on any atom is -0.325 e. The molecule has 1 aromatic carbocycles. The van der Waals surface area contributed by atoms with Crippen molar-refractivity contribution in [1.29, 1.82) is 5.26 Å². The van der Waals surface area contributed by atoms with Gasteiger partial charge in [0.1, 0.15) is 11.1 Å². The number of pyridine rings is 1. The van der Waals surface area contributed by atoms with Crippen LogP contribution in [0.4, 0.5) is 18.9 Å². The van der Waals surface area contributed by atoms with Crippen molar-refractivity contribution < 1.29 is 18.0 Å². The van der Waals surface area contributed by atoms with Crippen molar-refractivity contribution in [1.82, 2.24) is 4.98 Å². The highest BCUT2D eigenvalue weighted by Gasteiger charge is 2.35. The summed E-state index contributed by atoms with van der Waals surface area (Å²) < 4.78 is 39.3. The third kappa shape index (κ3) is 4.76. The summed E-state index contributed by atoms with van der Waals surface area (Å²) in [6.45, 7) is 3.37. The number of carbonyl (C=O) groups excluding carboxylic acids is 1. The fraction of sp³-hybridized carbons (Fsp3) is 0.278. The Balaban J connectivity index is 2.18. The average Bonchev–Trinajstić information content (AvgIpc) is 2.59. The first-order chi connectivity index (χ1) is 12.3. The molecule has 0 saturated carbocycles. The molecule has 0 fully saturated rings. The lowest BCUT2D eigenvalue weighted by atomic mass is 10.1. The number of alkyl halides is 3.